The van der Waals surface area contributed by atoms with Crippen LogP contribution in [-0.4, -0.2) is 56.7 Å². The Morgan fingerprint density at radius 1 is 1.03 bits per heavy atom. The van der Waals surface area contributed by atoms with Crippen LogP contribution in [-0.2, 0) is 19.1 Å². The highest BCUT2D eigenvalue weighted by Crippen LogP contribution is 2.19. The maximum absolute atomic E-state index is 12.1. The van der Waals surface area contributed by atoms with Crippen molar-refractivity contribution in [1.29, 1.82) is 0 Å². The van der Waals surface area contributed by atoms with E-state index in [0.29, 0.717) is 24.5 Å². The van der Waals surface area contributed by atoms with Crippen LogP contribution >= 0.6 is 0 Å². The van der Waals surface area contributed by atoms with Gasteiger partial charge in [-0.3, -0.25) is 9.59 Å². The first kappa shape index (κ1) is 21.3. The minimum atomic E-state index is -0.877. The molecule has 0 bridgehead atoms. The number of morpholine rings is 1. The molecule has 158 valence electrons. The van der Waals surface area contributed by atoms with Gasteiger partial charge in [0.25, 0.3) is 11.8 Å². The molecule has 2 amide bonds. The van der Waals surface area contributed by atoms with Gasteiger partial charge in [-0.2, -0.15) is 0 Å². The average molecular weight is 411 g/mol. The quantitative estimate of drug-likeness (QED) is 0.675. The van der Waals surface area contributed by atoms with Crippen molar-refractivity contribution < 1.29 is 23.9 Å². The van der Waals surface area contributed by atoms with Crippen molar-refractivity contribution in [2.75, 3.05) is 43.1 Å². The Balaban J connectivity index is 1.42. The van der Waals surface area contributed by atoms with Crippen molar-refractivity contribution in [2.24, 2.45) is 0 Å². The second-order valence-electron chi connectivity index (χ2n) is 6.86. The number of esters is 1. The van der Waals surface area contributed by atoms with E-state index in [2.05, 4.69) is 15.5 Å². The summed E-state index contributed by atoms with van der Waals surface area (Å²) in [5, 5.41) is 5.23. The topological polar surface area (TPSA) is 97.0 Å². The Morgan fingerprint density at radius 3 is 2.37 bits per heavy atom. The van der Waals surface area contributed by atoms with Crippen molar-refractivity contribution in [3.63, 3.8) is 0 Å². The van der Waals surface area contributed by atoms with E-state index in [1.54, 1.807) is 42.5 Å². The van der Waals surface area contributed by atoms with Gasteiger partial charge in [-0.15, -0.1) is 0 Å². The SMILES string of the molecule is C[C@H](NC(=O)c1ccccc1)C(=O)OCC(=O)Nc1ccc(N2CCOCC2)cc1. The number of nitrogens with one attached hydrogen (secondary N) is 2. The summed E-state index contributed by atoms with van der Waals surface area (Å²) in [5.74, 6) is -1.52. The summed E-state index contributed by atoms with van der Waals surface area (Å²) in [6.07, 6.45) is 0. The molecule has 0 spiro atoms. The lowest BCUT2D eigenvalue weighted by Gasteiger charge is -2.28. The molecule has 1 atom stereocenters. The summed E-state index contributed by atoms with van der Waals surface area (Å²) in [6, 6.07) is 15.1. The van der Waals surface area contributed by atoms with Crippen LogP contribution in [0.15, 0.2) is 54.6 Å². The van der Waals surface area contributed by atoms with E-state index >= 15 is 0 Å². The molecule has 0 radical (unpaired) electrons. The number of carbonyl (C=O) groups is 3. The van der Waals surface area contributed by atoms with E-state index in [-0.39, 0.29) is 5.91 Å². The summed E-state index contributed by atoms with van der Waals surface area (Å²) < 4.78 is 10.3. The number of carbonyl (C=O) groups excluding carboxylic acids is 3. The zero-order valence-electron chi connectivity index (χ0n) is 16.8. The zero-order chi connectivity index (χ0) is 21.3. The first-order valence-corrected chi connectivity index (χ1v) is 9.78. The van der Waals surface area contributed by atoms with Gasteiger partial charge in [0.15, 0.2) is 6.61 Å². The van der Waals surface area contributed by atoms with E-state index in [1.807, 2.05) is 12.1 Å². The van der Waals surface area contributed by atoms with E-state index in [9.17, 15) is 14.4 Å². The summed E-state index contributed by atoms with van der Waals surface area (Å²) >= 11 is 0. The molecule has 0 unspecified atom stereocenters. The number of ether oxygens (including phenoxy) is 2. The smallest absolute Gasteiger partial charge is 0.328 e. The molecule has 0 saturated carbocycles. The Bertz CT molecular complexity index is 864. The van der Waals surface area contributed by atoms with Crippen molar-refractivity contribution in [3.8, 4) is 0 Å². The molecule has 3 rings (SSSR count). The molecule has 1 saturated heterocycles. The number of benzene rings is 2. The summed E-state index contributed by atoms with van der Waals surface area (Å²) in [4.78, 5) is 38.4. The molecule has 1 aliphatic heterocycles. The van der Waals surface area contributed by atoms with Gasteiger partial charge in [0, 0.05) is 30.0 Å². The van der Waals surface area contributed by atoms with Crippen LogP contribution in [0.4, 0.5) is 11.4 Å². The Kier molecular flexibility index (Phi) is 7.40. The maximum Gasteiger partial charge on any atom is 0.328 e. The molecule has 1 aliphatic rings. The number of amides is 2. The van der Waals surface area contributed by atoms with Gasteiger partial charge >= 0.3 is 5.97 Å². The fourth-order valence-corrected chi connectivity index (χ4v) is 2.96. The van der Waals surface area contributed by atoms with Gasteiger partial charge in [0.1, 0.15) is 6.04 Å². The first-order chi connectivity index (χ1) is 14.5. The Labute approximate surface area is 175 Å². The van der Waals surface area contributed by atoms with Crippen LogP contribution in [0.3, 0.4) is 0 Å². The van der Waals surface area contributed by atoms with Crippen LogP contribution in [0.25, 0.3) is 0 Å². The van der Waals surface area contributed by atoms with E-state index in [4.69, 9.17) is 9.47 Å². The number of hydrogen-bond donors (Lipinski definition) is 2. The standard InChI is InChI=1S/C22H25N3O5/c1-16(23-21(27)17-5-3-2-4-6-17)22(28)30-15-20(26)24-18-7-9-19(10-8-18)25-11-13-29-14-12-25/h2-10,16H,11-15H2,1H3,(H,23,27)(H,24,26)/t16-/m0/s1. The third kappa shape index (κ3) is 6.05. The number of anilines is 2. The summed E-state index contributed by atoms with van der Waals surface area (Å²) in [7, 11) is 0. The molecule has 2 aromatic carbocycles. The largest absolute Gasteiger partial charge is 0.454 e. The lowest BCUT2D eigenvalue weighted by atomic mass is 10.2. The minimum absolute atomic E-state index is 0.384. The van der Waals surface area contributed by atoms with Gasteiger partial charge in [-0.1, -0.05) is 18.2 Å². The molecule has 0 aliphatic carbocycles. The summed E-state index contributed by atoms with van der Waals surface area (Å²) in [6.45, 7) is 4.14. The number of nitrogens with zero attached hydrogens (tertiary/aromatic N) is 1. The van der Waals surface area contributed by atoms with Crippen molar-refractivity contribution in [2.45, 2.75) is 13.0 Å². The Hall–Kier alpha value is -3.39. The number of rotatable bonds is 7. The predicted molar refractivity (Wildman–Crippen MR) is 112 cm³/mol. The van der Waals surface area contributed by atoms with Crippen molar-refractivity contribution in [1.82, 2.24) is 5.32 Å². The second-order valence-corrected chi connectivity index (χ2v) is 6.86. The molecule has 8 nitrogen and oxygen atoms in total. The maximum atomic E-state index is 12.1. The van der Waals surface area contributed by atoms with E-state index < -0.39 is 24.5 Å². The Morgan fingerprint density at radius 2 is 1.70 bits per heavy atom. The molecule has 0 aromatic heterocycles. The minimum Gasteiger partial charge on any atom is -0.454 e. The highest BCUT2D eigenvalue weighted by molar-refractivity contribution is 5.97. The van der Waals surface area contributed by atoms with Crippen LogP contribution in [0.5, 0.6) is 0 Å². The summed E-state index contributed by atoms with van der Waals surface area (Å²) in [5.41, 5.74) is 2.11. The lowest BCUT2D eigenvalue weighted by molar-refractivity contribution is -0.148. The molecule has 1 heterocycles. The average Bonchev–Trinajstić information content (AvgIpc) is 2.79. The molecule has 2 N–H and O–H groups in total. The van der Waals surface area contributed by atoms with E-state index in [1.165, 1.54) is 6.92 Å². The predicted octanol–water partition coefficient (Wildman–Crippen LogP) is 1.82. The van der Waals surface area contributed by atoms with Crippen LogP contribution in [0, 0.1) is 0 Å². The molecule has 30 heavy (non-hydrogen) atoms. The van der Waals surface area contributed by atoms with Crippen LogP contribution in [0.1, 0.15) is 17.3 Å². The fraction of sp³-hybridized carbons (Fsp3) is 0.318. The third-order valence-corrected chi connectivity index (χ3v) is 4.61. The van der Waals surface area contributed by atoms with Crippen LogP contribution < -0.4 is 15.5 Å². The van der Waals surface area contributed by atoms with Crippen LogP contribution in [0.2, 0.25) is 0 Å². The highest BCUT2D eigenvalue weighted by Gasteiger charge is 2.19. The zero-order valence-corrected chi connectivity index (χ0v) is 16.8. The number of hydrogen-bond acceptors (Lipinski definition) is 6. The molecule has 2 aromatic rings. The van der Waals surface area contributed by atoms with E-state index in [0.717, 1.165) is 18.8 Å². The molecule has 8 heteroatoms. The normalized spacial score (nSPS) is 14.5. The second kappa shape index (κ2) is 10.4. The first-order valence-electron chi connectivity index (χ1n) is 9.78. The molecule has 1 fully saturated rings. The highest BCUT2D eigenvalue weighted by atomic mass is 16.5. The van der Waals surface area contributed by atoms with Gasteiger partial charge in [-0.25, -0.2) is 4.79 Å². The molecular formula is C22H25N3O5. The monoisotopic (exact) mass is 411 g/mol. The van der Waals surface area contributed by atoms with Gasteiger partial charge in [0.2, 0.25) is 0 Å². The lowest BCUT2D eigenvalue weighted by Crippen LogP contribution is -2.40. The van der Waals surface area contributed by atoms with Crippen molar-refractivity contribution >= 4 is 29.2 Å². The fourth-order valence-electron chi connectivity index (χ4n) is 2.96. The van der Waals surface area contributed by atoms with Gasteiger partial charge < -0.3 is 25.0 Å². The van der Waals surface area contributed by atoms with Gasteiger partial charge in [-0.05, 0) is 43.3 Å². The van der Waals surface area contributed by atoms with Gasteiger partial charge in [0.05, 0.1) is 13.2 Å². The molecular weight excluding hydrogens is 386 g/mol. The third-order valence-electron chi connectivity index (χ3n) is 4.61. The van der Waals surface area contributed by atoms with Crippen molar-refractivity contribution in [3.05, 3.63) is 60.2 Å².